The number of nitrogens with two attached hydrogens (primary N) is 1. The van der Waals surface area contributed by atoms with E-state index in [1.54, 1.807) is 0 Å². The lowest BCUT2D eigenvalue weighted by Crippen LogP contribution is -2.55. The number of sulfone groups is 1. The minimum Gasteiger partial charge on any atom is -0.369 e. The van der Waals surface area contributed by atoms with Crippen molar-refractivity contribution in [3.63, 3.8) is 0 Å². The van der Waals surface area contributed by atoms with Gasteiger partial charge in [-0.2, -0.15) is 0 Å². The Morgan fingerprint density at radius 3 is 2.43 bits per heavy atom. The van der Waals surface area contributed by atoms with Crippen LogP contribution in [0.3, 0.4) is 0 Å². The van der Waals surface area contributed by atoms with Crippen LogP contribution in [0.1, 0.15) is 0 Å². The standard InChI is InChI=1S/C14H20ClN3O2S/c15-11-2-1-3-12(8-11)17-4-6-18(7-5-17)14-10-21(19,20)9-13(14)16/h1-3,8,13-14H,4-7,9-10,16H2. The largest absolute Gasteiger partial charge is 0.369 e. The molecule has 0 aromatic heterocycles. The van der Waals surface area contributed by atoms with E-state index in [4.69, 9.17) is 17.3 Å². The van der Waals surface area contributed by atoms with Crippen molar-refractivity contribution in [2.24, 2.45) is 5.73 Å². The Morgan fingerprint density at radius 2 is 1.86 bits per heavy atom. The molecule has 2 unspecified atom stereocenters. The summed E-state index contributed by atoms with van der Waals surface area (Å²) < 4.78 is 23.4. The minimum absolute atomic E-state index is 0.0310. The van der Waals surface area contributed by atoms with E-state index in [-0.39, 0.29) is 23.6 Å². The van der Waals surface area contributed by atoms with Gasteiger partial charge in [-0.05, 0) is 18.2 Å². The summed E-state index contributed by atoms with van der Waals surface area (Å²) in [7, 11) is -2.96. The maximum Gasteiger partial charge on any atom is 0.153 e. The molecule has 21 heavy (non-hydrogen) atoms. The fourth-order valence-corrected chi connectivity index (χ4v) is 5.32. The van der Waals surface area contributed by atoms with Crippen LogP contribution in [0.2, 0.25) is 5.02 Å². The maximum atomic E-state index is 11.7. The van der Waals surface area contributed by atoms with Gasteiger partial charge in [0, 0.05) is 49.0 Å². The molecule has 2 aliphatic rings. The summed E-state index contributed by atoms with van der Waals surface area (Å²) in [5, 5.41) is 0.735. The third-order valence-corrected chi connectivity index (χ3v) is 6.30. The van der Waals surface area contributed by atoms with Gasteiger partial charge < -0.3 is 10.6 Å². The Kier molecular flexibility index (Phi) is 4.14. The zero-order chi connectivity index (χ0) is 15.0. The molecule has 0 aliphatic carbocycles. The summed E-state index contributed by atoms with van der Waals surface area (Å²) in [6.07, 6.45) is 0. The molecule has 0 spiro atoms. The maximum absolute atomic E-state index is 11.7. The zero-order valence-corrected chi connectivity index (χ0v) is 13.4. The normalized spacial score (nSPS) is 29.7. The van der Waals surface area contributed by atoms with E-state index in [2.05, 4.69) is 9.80 Å². The van der Waals surface area contributed by atoms with Crippen molar-refractivity contribution in [3.8, 4) is 0 Å². The van der Waals surface area contributed by atoms with Crippen LogP contribution in [-0.4, -0.2) is 63.1 Å². The molecule has 0 amide bonds. The Balaban J connectivity index is 1.63. The molecule has 1 aromatic carbocycles. The molecule has 2 atom stereocenters. The van der Waals surface area contributed by atoms with Gasteiger partial charge in [0.15, 0.2) is 9.84 Å². The average molecular weight is 330 g/mol. The molecule has 1 aromatic rings. The number of anilines is 1. The van der Waals surface area contributed by atoms with Crippen molar-refractivity contribution in [3.05, 3.63) is 29.3 Å². The molecule has 2 heterocycles. The number of hydrogen-bond acceptors (Lipinski definition) is 5. The lowest BCUT2D eigenvalue weighted by atomic mass is 10.1. The summed E-state index contributed by atoms with van der Waals surface area (Å²) in [6.45, 7) is 3.40. The van der Waals surface area contributed by atoms with Crippen LogP contribution in [0.25, 0.3) is 0 Å². The van der Waals surface area contributed by atoms with Gasteiger partial charge in [-0.25, -0.2) is 8.42 Å². The lowest BCUT2D eigenvalue weighted by Gasteiger charge is -2.39. The molecular weight excluding hydrogens is 310 g/mol. The van der Waals surface area contributed by atoms with Crippen LogP contribution >= 0.6 is 11.6 Å². The molecule has 2 aliphatic heterocycles. The van der Waals surface area contributed by atoms with E-state index >= 15 is 0 Å². The molecule has 0 radical (unpaired) electrons. The molecular formula is C14H20ClN3O2S. The highest BCUT2D eigenvalue weighted by atomic mass is 35.5. The van der Waals surface area contributed by atoms with Crippen LogP contribution in [0.5, 0.6) is 0 Å². The van der Waals surface area contributed by atoms with Gasteiger partial charge in [0.2, 0.25) is 0 Å². The summed E-state index contributed by atoms with van der Waals surface area (Å²) in [5.74, 6) is 0.317. The number of hydrogen-bond donors (Lipinski definition) is 1. The molecule has 7 heteroatoms. The van der Waals surface area contributed by atoms with Crippen molar-refractivity contribution in [2.75, 3.05) is 42.6 Å². The van der Waals surface area contributed by atoms with Crippen LogP contribution in [-0.2, 0) is 9.84 Å². The molecule has 3 rings (SSSR count). The van der Waals surface area contributed by atoms with Crippen molar-refractivity contribution in [2.45, 2.75) is 12.1 Å². The van der Waals surface area contributed by atoms with Crippen molar-refractivity contribution >= 4 is 27.1 Å². The van der Waals surface area contributed by atoms with Gasteiger partial charge in [0.05, 0.1) is 11.5 Å². The van der Waals surface area contributed by atoms with Crippen LogP contribution < -0.4 is 10.6 Å². The van der Waals surface area contributed by atoms with Gasteiger partial charge in [-0.1, -0.05) is 17.7 Å². The molecule has 2 fully saturated rings. The van der Waals surface area contributed by atoms with E-state index in [0.717, 1.165) is 36.9 Å². The summed E-state index contributed by atoms with van der Waals surface area (Å²) >= 11 is 6.03. The van der Waals surface area contributed by atoms with E-state index in [9.17, 15) is 8.42 Å². The number of piperazine rings is 1. The molecule has 0 bridgehead atoms. The SMILES string of the molecule is NC1CS(=O)(=O)CC1N1CCN(c2cccc(Cl)c2)CC1. The summed E-state index contributed by atoms with van der Waals surface area (Å²) in [6, 6.07) is 7.54. The zero-order valence-electron chi connectivity index (χ0n) is 11.8. The van der Waals surface area contributed by atoms with Gasteiger partial charge in [-0.15, -0.1) is 0 Å². The molecule has 5 nitrogen and oxygen atoms in total. The van der Waals surface area contributed by atoms with Gasteiger partial charge in [-0.3, -0.25) is 4.90 Å². The van der Waals surface area contributed by atoms with Crippen molar-refractivity contribution < 1.29 is 8.42 Å². The topological polar surface area (TPSA) is 66.6 Å². The second kappa shape index (κ2) is 5.76. The highest BCUT2D eigenvalue weighted by molar-refractivity contribution is 7.91. The van der Waals surface area contributed by atoms with E-state index < -0.39 is 9.84 Å². The number of benzene rings is 1. The smallest absolute Gasteiger partial charge is 0.153 e. The first-order valence-electron chi connectivity index (χ1n) is 7.15. The Bertz CT molecular complexity index is 614. The predicted molar refractivity (Wildman–Crippen MR) is 85.7 cm³/mol. The van der Waals surface area contributed by atoms with E-state index in [1.165, 1.54) is 0 Å². The monoisotopic (exact) mass is 329 g/mol. The number of halogens is 1. The van der Waals surface area contributed by atoms with E-state index in [0.29, 0.717) is 0 Å². The molecule has 0 saturated carbocycles. The average Bonchev–Trinajstić information content (AvgIpc) is 2.72. The van der Waals surface area contributed by atoms with E-state index in [1.807, 2.05) is 24.3 Å². The Hall–Kier alpha value is -0.820. The quantitative estimate of drug-likeness (QED) is 0.860. The molecule has 2 saturated heterocycles. The third-order valence-electron chi connectivity index (χ3n) is 4.32. The minimum atomic E-state index is -2.96. The highest BCUT2D eigenvalue weighted by Crippen LogP contribution is 2.23. The Morgan fingerprint density at radius 1 is 1.14 bits per heavy atom. The second-order valence-corrected chi connectivity index (χ2v) is 8.40. The fraction of sp³-hybridized carbons (Fsp3) is 0.571. The van der Waals surface area contributed by atoms with Gasteiger partial charge >= 0.3 is 0 Å². The first kappa shape index (κ1) is 15.1. The predicted octanol–water partition coefficient (Wildman–Crippen LogP) is 0.586. The second-order valence-electron chi connectivity index (χ2n) is 5.81. The van der Waals surface area contributed by atoms with Crippen LogP contribution in [0.4, 0.5) is 5.69 Å². The van der Waals surface area contributed by atoms with Gasteiger partial charge in [0.25, 0.3) is 0 Å². The molecule has 2 N–H and O–H groups in total. The lowest BCUT2D eigenvalue weighted by molar-refractivity contribution is 0.187. The number of rotatable bonds is 2. The first-order chi connectivity index (χ1) is 9.94. The summed E-state index contributed by atoms with van der Waals surface area (Å²) in [5.41, 5.74) is 7.12. The Labute approximate surface area is 130 Å². The fourth-order valence-electron chi connectivity index (χ4n) is 3.22. The van der Waals surface area contributed by atoms with Crippen LogP contribution in [0.15, 0.2) is 24.3 Å². The van der Waals surface area contributed by atoms with Crippen LogP contribution in [0, 0.1) is 0 Å². The number of nitrogens with zero attached hydrogens (tertiary/aromatic N) is 2. The van der Waals surface area contributed by atoms with Gasteiger partial charge in [0.1, 0.15) is 0 Å². The van der Waals surface area contributed by atoms with Crippen molar-refractivity contribution in [1.82, 2.24) is 4.90 Å². The first-order valence-corrected chi connectivity index (χ1v) is 9.35. The molecule has 116 valence electrons. The van der Waals surface area contributed by atoms with Crippen molar-refractivity contribution in [1.29, 1.82) is 0 Å². The third kappa shape index (κ3) is 3.34. The highest BCUT2D eigenvalue weighted by Gasteiger charge is 2.39. The summed E-state index contributed by atoms with van der Waals surface area (Å²) in [4.78, 5) is 4.49.